The summed E-state index contributed by atoms with van der Waals surface area (Å²) in [5, 5.41) is 2.14. The average molecular weight is 340 g/mol. The minimum atomic E-state index is -3.57. The third-order valence-electron chi connectivity index (χ3n) is 4.00. The van der Waals surface area contributed by atoms with Crippen molar-refractivity contribution >= 4 is 15.9 Å². The van der Waals surface area contributed by atoms with E-state index in [4.69, 9.17) is 0 Å². The number of benzene rings is 1. The van der Waals surface area contributed by atoms with Crippen LogP contribution in [0.1, 0.15) is 19.4 Å². The topological polar surface area (TPSA) is 90.5 Å². The lowest BCUT2D eigenvalue weighted by molar-refractivity contribution is -0.121. The molecule has 23 heavy (non-hydrogen) atoms. The Bertz CT molecular complexity index is 625. The highest BCUT2D eigenvalue weighted by Gasteiger charge is 2.42. The quantitative estimate of drug-likeness (QED) is 0.668. The van der Waals surface area contributed by atoms with Gasteiger partial charge >= 0.3 is 0 Å². The molecule has 0 radical (unpaired) electrons. The van der Waals surface area contributed by atoms with E-state index in [1.807, 2.05) is 44.2 Å². The molecular formula is C15H24N4O3S. The number of nitrogens with one attached hydrogen (secondary N) is 3. The summed E-state index contributed by atoms with van der Waals surface area (Å²) >= 11 is 0. The van der Waals surface area contributed by atoms with E-state index < -0.39 is 15.3 Å². The third-order valence-corrected chi connectivity index (χ3v) is 6.50. The van der Waals surface area contributed by atoms with Gasteiger partial charge in [0.1, 0.15) is 5.25 Å². The van der Waals surface area contributed by atoms with Gasteiger partial charge in [0.2, 0.25) is 15.9 Å². The van der Waals surface area contributed by atoms with Crippen molar-refractivity contribution in [2.75, 3.05) is 13.6 Å². The van der Waals surface area contributed by atoms with Crippen molar-refractivity contribution in [3.63, 3.8) is 0 Å². The molecule has 0 spiro atoms. The van der Waals surface area contributed by atoms with Crippen molar-refractivity contribution < 1.29 is 13.2 Å². The minimum Gasteiger partial charge on any atom is -0.351 e. The SMILES string of the molecule is CC1NNC(C)C1S(=O)(=O)N(C)CC(=O)NCc1ccccc1. The first-order valence-electron chi connectivity index (χ1n) is 7.59. The molecule has 0 saturated carbocycles. The summed E-state index contributed by atoms with van der Waals surface area (Å²) in [5.74, 6) is -0.320. The summed E-state index contributed by atoms with van der Waals surface area (Å²) in [5.41, 5.74) is 6.82. The summed E-state index contributed by atoms with van der Waals surface area (Å²) in [6.07, 6.45) is 0. The molecule has 2 atom stereocenters. The van der Waals surface area contributed by atoms with E-state index in [9.17, 15) is 13.2 Å². The largest absolute Gasteiger partial charge is 0.351 e. The summed E-state index contributed by atoms with van der Waals surface area (Å²) < 4.78 is 26.4. The van der Waals surface area contributed by atoms with Crippen LogP contribution >= 0.6 is 0 Å². The van der Waals surface area contributed by atoms with Crippen molar-refractivity contribution in [2.45, 2.75) is 37.7 Å². The van der Waals surface area contributed by atoms with Gasteiger partial charge in [0.15, 0.2) is 0 Å². The van der Waals surface area contributed by atoms with Crippen LogP contribution in [0.25, 0.3) is 0 Å². The molecule has 1 amide bonds. The Morgan fingerprint density at radius 1 is 1.17 bits per heavy atom. The fourth-order valence-corrected chi connectivity index (χ4v) is 4.61. The van der Waals surface area contributed by atoms with Crippen molar-refractivity contribution in [1.82, 2.24) is 20.5 Å². The molecular weight excluding hydrogens is 316 g/mol. The van der Waals surface area contributed by atoms with Gasteiger partial charge < -0.3 is 5.32 Å². The zero-order valence-corrected chi connectivity index (χ0v) is 14.4. The number of hydrazine groups is 1. The van der Waals surface area contributed by atoms with E-state index in [0.29, 0.717) is 6.54 Å². The second-order valence-electron chi connectivity index (χ2n) is 5.89. The summed E-state index contributed by atoms with van der Waals surface area (Å²) in [4.78, 5) is 12.0. The van der Waals surface area contributed by atoms with Gasteiger partial charge in [-0.25, -0.2) is 8.42 Å². The van der Waals surface area contributed by atoms with E-state index in [0.717, 1.165) is 9.87 Å². The summed E-state index contributed by atoms with van der Waals surface area (Å²) in [6.45, 7) is 3.81. The van der Waals surface area contributed by atoms with E-state index >= 15 is 0 Å². The Kier molecular flexibility index (Phi) is 5.74. The predicted molar refractivity (Wildman–Crippen MR) is 88.8 cm³/mol. The maximum absolute atomic E-state index is 12.6. The molecule has 1 heterocycles. The molecule has 1 aromatic carbocycles. The Balaban J connectivity index is 1.92. The molecule has 1 saturated heterocycles. The van der Waals surface area contributed by atoms with Gasteiger partial charge in [0.25, 0.3) is 0 Å². The van der Waals surface area contributed by atoms with Crippen LogP contribution in [0, 0.1) is 0 Å². The van der Waals surface area contributed by atoms with Gasteiger partial charge in [-0.2, -0.15) is 4.31 Å². The first-order valence-corrected chi connectivity index (χ1v) is 9.09. The summed E-state index contributed by atoms with van der Waals surface area (Å²) in [7, 11) is -2.13. The molecule has 1 aromatic rings. The number of likely N-dealkylation sites (N-methyl/N-ethyl adjacent to an activating group) is 1. The standard InChI is InChI=1S/C15H24N4O3S/c1-11-15(12(2)18-17-11)23(21,22)19(3)10-14(20)16-9-13-7-5-4-6-8-13/h4-8,11-12,15,17-18H,9-10H2,1-3H3,(H,16,20). The van der Waals surface area contributed by atoms with E-state index in [1.165, 1.54) is 7.05 Å². The predicted octanol–water partition coefficient (Wildman–Crippen LogP) is -0.182. The fourth-order valence-electron chi connectivity index (χ4n) is 2.73. The highest BCUT2D eigenvalue weighted by atomic mass is 32.2. The first kappa shape index (κ1) is 17.9. The third kappa shape index (κ3) is 4.29. The lowest BCUT2D eigenvalue weighted by Gasteiger charge is -2.25. The summed E-state index contributed by atoms with van der Waals surface area (Å²) in [6, 6.07) is 9.05. The van der Waals surface area contributed by atoms with Crippen LogP contribution in [0.5, 0.6) is 0 Å². The Morgan fingerprint density at radius 2 is 1.74 bits per heavy atom. The number of sulfonamides is 1. The van der Waals surface area contributed by atoms with Gasteiger partial charge in [-0.05, 0) is 19.4 Å². The second-order valence-corrected chi connectivity index (χ2v) is 8.09. The molecule has 1 fully saturated rings. The Morgan fingerprint density at radius 3 is 2.30 bits per heavy atom. The molecule has 0 aromatic heterocycles. The van der Waals surface area contributed by atoms with Gasteiger partial charge in [0, 0.05) is 25.7 Å². The molecule has 128 valence electrons. The average Bonchev–Trinajstić information content (AvgIpc) is 2.85. The highest BCUT2D eigenvalue weighted by molar-refractivity contribution is 7.89. The fraction of sp³-hybridized carbons (Fsp3) is 0.533. The van der Waals surface area contributed by atoms with Gasteiger partial charge in [-0.1, -0.05) is 30.3 Å². The number of rotatable bonds is 6. The molecule has 0 bridgehead atoms. The lowest BCUT2D eigenvalue weighted by Crippen LogP contribution is -2.48. The molecule has 1 aliphatic rings. The zero-order chi connectivity index (χ0) is 17.0. The molecule has 1 aliphatic heterocycles. The van der Waals surface area contributed by atoms with E-state index in [-0.39, 0.29) is 24.5 Å². The first-order chi connectivity index (χ1) is 10.8. The van der Waals surface area contributed by atoms with Crippen molar-refractivity contribution in [3.05, 3.63) is 35.9 Å². The number of hydrogen-bond acceptors (Lipinski definition) is 5. The van der Waals surface area contributed by atoms with Gasteiger partial charge in [-0.3, -0.25) is 15.6 Å². The van der Waals surface area contributed by atoms with E-state index in [1.54, 1.807) is 0 Å². The van der Waals surface area contributed by atoms with Crippen LogP contribution in [0.4, 0.5) is 0 Å². The zero-order valence-electron chi connectivity index (χ0n) is 13.6. The number of carbonyl (C=O) groups excluding carboxylic acids is 1. The van der Waals surface area contributed by atoms with Crippen LogP contribution in [-0.2, 0) is 21.4 Å². The number of hydrogen-bond donors (Lipinski definition) is 3. The maximum Gasteiger partial charge on any atom is 0.235 e. The van der Waals surface area contributed by atoms with Crippen LogP contribution in [-0.4, -0.2) is 49.6 Å². The molecule has 3 N–H and O–H groups in total. The molecule has 2 unspecified atom stereocenters. The van der Waals surface area contributed by atoms with Crippen molar-refractivity contribution in [2.24, 2.45) is 0 Å². The van der Waals surface area contributed by atoms with Crippen LogP contribution < -0.4 is 16.2 Å². The number of nitrogens with zero attached hydrogens (tertiary/aromatic N) is 1. The van der Waals surface area contributed by atoms with Crippen LogP contribution in [0.3, 0.4) is 0 Å². The molecule has 8 heteroatoms. The number of carbonyl (C=O) groups is 1. The van der Waals surface area contributed by atoms with Gasteiger partial charge in [0.05, 0.1) is 6.54 Å². The molecule has 2 rings (SSSR count). The number of amides is 1. The van der Waals surface area contributed by atoms with Crippen LogP contribution in [0.2, 0.25) is 0 Å². The monoisotopic (exact) mass is 340 g/mol. The van der Waals surface area contributed by atoms with Gasteiger partial charge in [-0.15, -0.1) is 0 Å². The van der Waals surface area contributed by atoms with E-state index in [2.05, 4.69) is 16.2 Å². The minimum absolute atomic E-state index is 0.189. The highest BCUT2D eigenvalue weighted by Crippen LogP contribution is 2.18. The van der Waals surface area contributed by atoms with Crippen molar-refractivity contribution in [1.29, 1.82) is 0 Å². The molecule has 0 aliphatic carbocycles. The normalized spacial score (nSPS) is 24.8. The Labute approximate surface area is 137 Å². The Hall–Kier alpha value is -1.48. The molecule has 7 nitrogen and oxygen atoms in total. The van der Waals surface area contributed by atoms with Crippen LogP contribution in [0.15, 0.2) is 30.3 Å². The smallest absolute Gasteiger partial charge is 0.235 e. The maximum atomic E-state index is 12.6. The second kappa shape index (κ2) is 7.39. The van der Waals surface area contributed by atoms with Crippen molar-refractivity contribution in [3.8, 4) is 0 Å². The lowest BCUT2D eigenvalue weighted by atomic mass is 10.2.